The number of carbonyl (C=O) groups is 10. The number of amides is 9. The number of nitrogens with one attached hydrogen (secondary N) is 8. The molecule has 10 atom stereocenters. The molecule has 0 spiro atoms. The number of carboxylic acid groups (broad SMARTS) is 1. The summed E-state index contributed by atoms with van der Waals surface area (Å²) in [5, 5.41) is 49.0. The molecule has 1 fully saturated rings. The van der Waals surface area contributed by atoms with Crippen LogP contribution in [0.15, 0.2) is 52.8 Å². The number of benzene rings is 1. The number of aliphatic hydroxyl groups is 2. The van der Waals surface area contributed by atoms with Gasteiger partial charge in [0.2, 0.25) is 53.2 Å². The number of guanidine groups is 2. The third kappa shape index (κ3) is 25.4. The Kier molecular flexibility index (Phi) is 31.0. The molecular formula is C55H90N18O13. The van der Waals surface area contributed by atoms with Crippen LogP contribution in [0, 0.1) is 5.92 Å². The van der Waals surface area contributed by atoms with Crippen molar-refractivity contribution in [1.29, 1.82) is 0 Å². The standard InChI is InChI=1S/C55H90N18O13/c1-6-31(2)44(53(86)73(29-43(78)79)37-17-11-8-12-18-37)69-41(76)28-72(24-14-23-63-55(59)60)42(77)27-64-51(84)45(33(4)74)71-52(85)46(34(5)75)70-50(83)40(25-36-26-61-30-65-36)68-49(82)39(21-20-35-15-9-7-10-16-35)67-47(80)32(3)66-48(81)38(56)19-13-22-62-54(57)58/h7,9-10,15-16,26,30-34,37-40,44-46,74-75H,6,8,11-14,17-25,27-29,56H2,1-5H3,(H,61,65)(H,64,84)(H,66,81)(H,67,80)(H,68,82)(H,69,76)(H,70,83)(H,71,85)(H,78,79)(H4,57,58,62)(H4,59,60,63)/t31?,32-,33+,34+,38-,39-,40-,44-,45-,46-/m0/s1. The second kappa shape index (κ2) is 37.1. The molecule has 0 aliphatic heterocycles. The van der Waals surface area contributed by atoms with Gasteiger partial charge in [-0.1, -0.05) is 69.9 Å². The average molecular weight is 1210 g/mol. The van der Waals surface area contributed by atoms with Gasteiger partial charge in [-0.15, -0.1) is 0 Å². The van der Waals surface area contributed by atoms with Crippen LogP contribution in [0.5, 0.6) is 0 Å². The van der Waals surface area contributed by atoms with Crippen LogP contribution in [-0.4, -0.2) is 206 Å². The zero-order chi connectivity index (χ0) is 64.0. The molecule has 0 saturated heterocycles. The fraction of sp³-hybridized carbons (Fsp3) is 0.618. The minimum absolute atomic E-state index is 0.00265. The van der Waals surface area contributed by atoms with Gasteiger partial charge in [0.05, 0.1) is 37.7 Å². The van der Waals surface area contributed by atoms with Gasteiger partial charge in [-0.3, -0.25) is 57.9 Å². The lowest BCUT2D eigenvalue weighted by molar-refractivity contribution is -0.149. The fourth-order valence-electron chi connectivity index (χ4n) is 9.29. The Morgan fingerprint density at radius 3 is 1.87 bits per heavy atom. The van der Waals surface area contributed by atoms with Gasteiger partial charge in [-0.05, 0) is 77.2 Å². The number of aromatic nitrogens is 2. The highest BCUT2D eigenvalue weighted by molar-refractivity contribution is 5.98. The predicted molar refractivity (Wildman–Crippen MR) is 316 cm³/mol. The minimum atomic E-state index is -1.85. The number of hydrogen-bond acceptors (Lipinski definition) is 16. The number of aryl methyl sites for hydroxylation is 1. The molecule has 9 amide bonds. The van der Waals surface area contributed by atoms with Gasteiger partial charge in [0.15, 0.2) is 11.9 Å². The zero-order valence-electron chi connectivity index (χ0n) is 49.7. The number of carboxylic acids is 1. The Labute approximate surface area is 500 Å². The second-order valence-corrected chi connectivity index (χ2v) is 21.4. The van der Waals surface area contributed by atoms with Gasteiger partial charge in [0, 0.05) is 44.0 Å². The van der Waals surface area contributed by atoms with Gasteiger partial charge >= 0.3 is 5.97 Å². The second-order valence-electron chi connectivity index (χ2n) is 21.4. The number of aliphatic hydroxyl groups excluding tert-OH is 2. The quantitative estimate of drug-likeness (QED) is 0.0172. The number of nitrogens with two attached hydrogens (primary N) is 5. The lowest BCUT2D eigenvalue weighted by atomic mass is 9.91. The van der Waals surface area contributed by atoms with Crippen LogP contribution in [-0.2, 0) is 60.8 Å². The normalized spacial score (nSPS) is 15.8. The molecule has 1 aromatic heterocycles. The molecule has 31 heteroatoms. The van der Waals surface area contributed by atoms with Gasteiger partial charge in [-0.25, -0.2) is 4.98 Å². The van der Waals surface area contributed by atoms with Crippen molar-refractivity contribution in [1.82, 2.24) is 57.0 Å². The van der Waals surface area contributed by atoms with Crippen molar-refractivity contribution in [3.63, 3.8) is 0 Å². The van der Waals surface area contributed by atoms with E-state index in [4.69, 9.17) is 28.7 Å². The van der Waals surface area contributed by atoms with Crippen molar-refractivity contribution in [3.8, 4) is 0 Å². The van der Waals surface area contributed by atoms with Crippen molar-refractivity contribution < 1.29 is 63.3 Å². The minimum Gasteiger partial charge on any atom is -0.480 e. The molecule has 1 aliphatic rings. The van der Waals surface area contributed by atoms with Gasteiger partial charge in [0.25, 0.3) is 0 Å². The van der Waals surface area contributed by atoms with Crippen LogP contribution < -0.4 is 65.9 Å². The molecule has 3 rings (SSSR count). The third-order valence-corrected chi connectivity index (χ3v) is 14.4. The van der Waals surface area contributed by atoms with Crippen LogP contribution >= 0.6 is 0 Å². The molecule has 2 aromatic rings. The maximum Gasteiger partial charge on any atom is 0.323 e. The molecule has 1 heterocycles. The molecule has 478 valence electrons. The maximum atomic E-state index is 14.3. The van der Waals surface area contributed by atoms with E-state index >= 15 is 0 Å². The average Bonchev–Trinajstić information content (AvgIpc) is 4.11. The molecule has 1 aromatic carbocycles. The topological polar surface area (TPSA) is 506 Å². The summed E-state index contributed by atoms with van der Waals surface area (Å²) in [5.41, 5.74) is 28.9. The van der Waals surface area contributed by atoms with E-state index in [-0.39, 0.29) is 69.7 Å². The number of H-pyrrole nitrogens is 1. The molecule has 86 heavy (non-hydrogen) atoms. The molecule has 0 radical (unpaired) electrons. The van der Waals surface area contributed by atoms with E-state index in [1.807, 2.05) is 12.1 Å². The molecule has 1 unspecified atom stereocenters. The summed E-state index contributed by atoms with van der Waals surface area (Å²) in [6, 6.07) is -1.22. The zero-order valence-corrected chi connectivity index (χ0v) is 49.7. The summed E-state index contributed by atoms with van der Waals surface area (Å²) in [6.07, 6.45) is 4.26. The Morgan fingerprint density at radius 2 is 1.29 bits per heavy atom. The first-order chi connectivity index (χ1) is 40.7. The van der Waals surface area contributed by atoms with Crippen molar-refractivity contribution in [2.24, 2.45) is 44.6 Å². The number of imidazole rings is 1. The van der Waals surface area contributed by atoms with Gasteiger partial charge < -0.3 is 96.0 Å². The Balaban J connectivity index is 1.80. The highest BCUT2D eigenvalue weighted by atomic mass is 16.4. The monoisotopic (exact) mass is 1210 g/mol. The first-order valence-electron chi connectivity index (χ1n) is 28.8. The summed E-state index contributed by atoms with van der Waals surface area (Å²) in [6.45, 7) is 5.36. The van der Waals surface area contributed by atoms with E-state index < -0.39 is 139 Å². The number of rotatable bonds is 37. The SMILES string of the molecule is CCC(C)[C@H](NC(=O)CN(CCCN=C(N)N)C(=O)CNC(=O)[C@@H](NC(=O)[C@@H](NC(=O)[C@H](Cc1cnc[nH]1)NC(=O)[C@H](CCc1ccccc1)NC(=O)[C@H](C)NC(=O)[C@@H](N)CCCN=C(N)N)[C@@H](C)O)[C@@H](C)O)C(=O)N(CC(=O)O)C1CCCCC1. The Bertz CT molecular complexity index is 2590. The molecular weight excluding hydrogens is 1120 g/mol. The fourth-order valence-corrected chi connectivity index (χ4v) is 9.29. The van der Waals surface area contributed by atoms with Crippen LogP contribution in [0.25, 0.3) is 0 Å². The summed E-state index contributed by atoms with van der Waals surface area (Å²) >= 11 is 0. The van der Waals surface area contributed by atoms with Crippen LogP contribution in [0.1, 0.15) is 110 Å². The molecule has 0 bridgehead atoms. The summed E-state index contributed by atoms with van der Waals surface area (Å²) in [5.74, 6) is -9.75. The van der Waals surface area contributed by atoms with Gasteiger partial charge in [0.1, 0.15) is 42.8 Å². The summed E-state index contributed by atoms with van der Waals surface area (Å²) < 4.78 is 0. The first kappa shape index (κ1) is 71.8. The molecule has 21 N–H and O–H groups in total. The molecule has 1 saturated carbocycles. The number of carbonyl (C=O) groups excluding carboxylic acids is 9. The number of aromatic amines is 1. The highest BCUT2D eigenvalue weighted by Crippen LogP contribution is 2.25. The largest absolute Gasteiger partial charge is 0.480 e. The predicted octanol–water partition coefficient (Wildman–Crippen LogP) is -4.44. The lowest BCUT2D eigenvalue weighted by Gasteiger charge is -2.37. The smallest absolute Gasteiger partial charge is 0.323 e. The van der Waals surface area contributed by atoms with E-state index in [1.165, 1.54) is 24.3 Å². The van der Waals surface area contributed by atoms with E-state index in [0.717, 1.165) is 43.6 Å². The highest BCUT2D eigenvalue weighted by Gasteiger charge is 2.38. The van der Waals surface area contributed by atoms with Crippen LogP contribution in [0.3, 0.4) is 0 Å². The molecule has 1 aliphatic carbocycles. The number of aliphatic imine (C=N–C) groups is 2. The first-order valence-corrected chi connectivity index (χ1v) is 28.8. The van der Waals surface area contributed by atoms with Crippen LogP contribution in [0.2, 0.25) is 0 Å². The number of nitrogens with zero attached hydrogens (tertiary/aromatic N) is 5. The van der Waals surface area contributed by atoms with E-state index in [2.05, 4.69) is 57.2 Å². The van der Waals surface area contributed by atoms with Crippen molar-refractivity contribution >= 4 is 71.1 Å². The Morgan fingerprint density at radius 1 is 0.698 bits per heavy atom. The summed E-state index contributed by atoms with van der Waals surface area (Å²) in [7, 11) is 0. The van der Waals surface area contributed by atoms with Gasteiger partial charge in [-0.2, -0.15) is 0 Å². The van der Waals surface area contributed by atoms with Crippen molar-refractivity contribution in [3.05, 3.63) is 54.1 Å². The molecule has 31 nitrogen and oxygen atoms in total. The lowest BCUT2D eigenvalue weighted by Crippen LogP contribution is -2.62. The van der Waals surface area contributed by atoms with Crippen molar-refractivity contribution in [2.75, 3.05) is 39.3 Å². The van der Waals surface area contributed by atoms with Crippen LogP contribution in [0.4, 0.5) is 0 Å². The maximum absolute atomic E-state index is 14.3. The Hall–Kier alpha value is -8.45. The number of aliphatic carboxylic acids is 1. The third-order valence-electron chi connectivity index (χ3n) is 14.4. The van der Waals surface area contributed by atoms with E-state index in [0.29, 0.717) is 31.4 Å². The van der Waals surface area contributed by atoms with E-state index in [9.17, 15) is 63.3 Å². The van der Waals surface area contributed by atoms with Crippen molar-refractivity contribution in [2.45, 2.75) is 172 Å². The summed E-state index contributed by atoms with van der Waals surface area (Å²) in [4.78, 5) is 153. The van der Waals surface area contributed by atoms with E-state index in [1.54, 1.807) is 32.0 Å². The number of hydrogen-bond donors (Lipinski definition) is 16.